The van der Waals surface area contributed by atoms with Crippen LogP contribution in [0.2, 0.25) is 0 Å². The molecule has 0 aliphatic heterocycles. The summed E-state index contributed by atoms with van der Waals surface area (Å²) in [6, 6.07) is 7.61. The Labute approximate surface area is 171 Å². The maximum absolute atomic E-state index is 12.8. The van der Waals surface area contributed by atoms with Crippen molar-refractivity contribution in [1.82, 2.24) is 9.71 Å². The number of nitrogens with zero attached hydrogens (tertiary/aromatic N) is 3. The lowest BCUT2D eigenvalue weighted by atomic mass is 9.88. The Morgan fingerprint density at radius 1 is 1.24 bits per heavy atom. The van der Waals surface area contributed by atoms with Crippen LogP contribution in [-0.4, -0.2) is 31.4 Å². The van der Waals surface area contributed by atoms with Crippen LogP contribution in [0.5, 0.6) is 0 Å². The van der Waals surface area contributed by atoms with Crippen LogP contribution >= 0.6 is 0 Å². The number of anilines is 1. The molecule has 0 radical (unpaired) electrons. The quantitative estimate of drug-likeness (QED) is 0.545. The van der Waals surface area contributed by atoms with Gasteiger partial charge in [0.2, 0.25) is 10.0 Å². The zero-order valence-corrected chi connectivity index (χ0v) is 17.4. The fraction of sp³-hybridized carbons (Fsp3) is 0.450. The van der Waals surface area contributed by atoms with E-state index in [1.54, 1.807) is 30.4 Å². The van der Waals surface area contributed by atoms with Crippen molar-refractivity contribution in [2.75, 3.05) is 11.9 Å². The van der Waals surface area contributed by atoms with Gasteiger partial charge >= 0.3 is 0 Å². The third-order valence-electron chi connectivity index (χ3n) is 5.35. The normalized spacial score (nSPS) is 19.7. The molecule has 1 heterocycles. The van der Waals surface area contributed by atoms with Gasteiger partial charge in [-0.25, -0.2) is 13.1 Å². The van der Waals surface area contributed by atoms with Crippen LogP contribution in [0.4, 0.5) is 11.4 Å². The molecule has 9 heteroatoms. The second kappa shape index (κ2) is 8.87. The van der Waals surface area contributed by atoms with Gasteiger partial charge in [0.1, 0.15) is 5.69 Å². The number of nitro groups is 1. The second-order valence-corrected chi connectivity index (χ2v) is 9.42. The molecule has 1 N–H and O–H groups in total. The summed E-state index contributed by atoms with van der Waals surface area (Å²) < 4.78 is 28.3. The first-order valence-electron chi connectivity index (χ1n) is 9.67. The molecule has 1 aliphatic rings. The summed E-state index contributed by atoms with van der Waals surface area (Å²) in [7, 11) is -2.09. The van der Waals surface area contributed by atoms with E-state index < -0.39 is 14.9 Å². The molecular formula is C20H26N4O4S. The van der Waals surface area contributed by atoms with Crippen LogP contribution in [0.25, 0.3) is 0 Å². The first kappa shape index (κ1) is 21.2. The fourth-order valence-corrected chi connectivity index (χ4v) is 4.98. The number of hydrogen-bond acceptors (Lipinski definition) is 6. The maximum atomic E-state index is 12.8. The summed E-state index contributed by atoms with van der Waals surface area (Å²) in [6.07, 6.45) is 6.88. The molecule has 1 aromatic heterocycles. The van der Waals surface area contributed by atoms with Gasteiger partial charge < -0.3 is 4.90 Å². The number of aromatic nitrogens is 1. The number of sulfonamides is 1. The van der Waals surface area contributed by atoms with Crippen LogP contribution in [0.1, 0.15) is 38.2 Å². The van der Waals surface area contributed by atoms with Crippen molar-refractivity contribution in [2.24, 2.45) is 5.92 Å². The zero-order valence-electron chi connectivity index (χ0n) is 16.6. The second-order valence-electron chi connectivity index (χ2n) is 7.70. The fourth-order valence-electron chi connectivity index (χ4n) is 3.66. The van der Waals surface area contributed by atoms with Gasteiger partial charge in [-0.2, -0.15) is 0 Å². The Kier molecular flexibility index (Phi) is 6.49. The van der Waals surface area contributed by atoms with E-state index in [9.17, 15) is 18.5 Å². The van der Waals surface area contributed by atoms with Crippen LogP contribution in [0.3, 0.4) is 0 Å². The average molecular weight is 419 g/mol. The number of pyridine rings is 1. The van der Waals surface area contributed by atoms with Crippen molar-refractivity contribution in [3.63, 3.8) is 0 Å². The molecule has 156 valence electrons. The Morgan fingerprint density at radius 2 is 1.97 bits per heavy atom. The summed E-state index contributed by atoms with van der Waals surface area (Å²) in [5.74, 6) is 0.603. The molecule has 1 saturated carbocycles. The summed E-state index contributed by atoms with van der Waals surface area (Å²) in [5, 5.41) is 11.6. The van der Waals surface area contributed by atoms with Crippen LogP contribution < -0.4 is 9.62 Å². The highest BCUT2D eigenvalue weighted by Gasteiger charge is 2.27. The average Bonchev–Trinajstić information content (AvgIpc) is 2.70. The molecule has 1 aromatic carbocycles. The molecule has 1 aliphatic carbocycles. The van der Waals surface area contributed by atoms with Crippen molar-refractivity contribution in [1.29, 1.82) is 0 Å². The minimum atomic E-state index is -3.82. The monoisotopic (exact) mass is 418 g/mol. The van der Waals surface area contributed by atoms with Gasteiger partial charge in [0.25, 0.3) is 5.69 Å². The summed E-state index contributed by atoms with van der Waals surface area (Å²) in [5.41, 5.74) is 1.01. The smallest absolute Gasteiger partial charge is 0.293 e. The maximum Gasteiger partial charge on any atom is 0.293 e. The lowest BCUT2D eigenvalue weighted by Gasteiger charge is -2.26. The van der Waals surface area contributed by atoms with Crippen molar-refractivity contribution < 1.29 is 13.3 Å². The number of hydrogen-bond donors (Lipinski definition) is 1. The van der Waals surface area contributed by atoms with E-state index in [0.717, 1.165) is 37.3 Å². The van der Waals surface area contributed by atoms with E-state index in [-0.39, 0.29) is 16.6 Å². The third kappa shape index (κ3) is 5.30. The molecule has 2 aromatic rings. The molecule has 0 spiro atoms. The molecule has 8 nitrogen and oxygen atoms in total. The minimum absolute atomic E-state index is 0.0821. The van der Waals surface area contributed by atoms with E-state index in [1.807, 2.05) is 6.07 Å². The van der Waals surface area contributed by atoms with E-state index in [4.69, 9.17) is 0 Å². The van der Waals surface area contributed by atoms with Crippen molar-refractivity contribution in [3.8, 4) is 0 Å². The standard InChI is InChI=1S/C20H26N4O4S/c1-15-5-7-17(8-6-15)22-29(27,28)18-9-10-19(20(12-18)24(25)26)23(2)14-16-4-3-11-21-13-16/h3-4,9-13,15,17,22H,5-8,14H2,1-2H3. The van der Waals surface area contributed by atoms with Crippen molar-refractivity contribution in [3.05, 3.63) is 58.4 Å². The van der Waals surface area contributed by atoms with Gasteiger partial charge in [0, 0.05) is 38.1 Å². The third-order valence-corrected chi connectivity index (χ3v) is 6.86. The van der Waals surface area contributed by atoms with E-state index in [2.05, 4.69) is 16.6 Å². The number of nitrogens with one attached hydrogen (secondary N) is 1. The highest BCUT2D eigenvalue weighted by molar-refractivity contribution is 7.89. The topological polar surface area (TPSA) is 105 Å². The number of rotatable bonds is 7. The lowest BCUT2D eigenvalue weighted by molar-refractivity contribution is -0.384. The molecule has 3 rings (SSSR count). The summed E-state index contributed by atoms with van der Waals surface area (Å²) >= 11 is 0. The Bertz CT molecular complexity index is 958. The van der Waals surface area contributed by atoms with Crippen molar-refractivity contribution in [2.45, 2.75) is 50.1 Å². The predicted octanol–water partition coefficient (Wildman–Crippen LogP) is 3.48. The van der Waals surface area contributed by atoms with E-state index in [1.165, 1.54) is 12.1 Å². The molecule has 0 amide bonds. The molecule has 29 heavy (non-hydrogen) atoms. The predicted molar refractivity (Wildman–Crippen MR) is 111 cm³/mol. The van der Waals surface area contributed by atoms with Gasteiger partial charge in [0.15, 0.2) is 0 Å². The molecule has 1 fully saturated rings. The highest BCUT2D eigenvalue weighted by Crippen LogP contribution is 2.32. The first-order chi connectivity index (χ1) is 13.8. The van der Waals surface area contributed by atoms with Gasteiger partial charge in [-0.3, -0.25) is 15.1 Å². The van der Waals surface area contributed by atoms with Gasteiger partial charge in [-0.1, -0.05) is 13.0 Å². The van der Waals surface area contributed by atoms with E-state index in [0.29, 0.717) is 18.2 Å². The van der Waals surface area contributed by atoms with Crippen LogP contribution in [0.15, 0.2) is 47.6 Å². The Balaban J connectivity index is 1.82. The molecule has 0 unspecified atom stereocenters. The van der Waals surface area contributed by atoms with Gasteiger partial charge in [0.05, 0.1) is 9.82 Å². The number of benzene rings is 1. The van der Waals surface area contributed by atoms with Gasteiger partial charge in [-0.15, -0.1) is 0 Å². The van der Waals surface area contributed by atoms with Gasteiger partial charge in [-0.05, 0) is 55.4 Å². The first-order valence-corrected chi connectivity index (χ1v) is 11.2. The summed E-state index contributed by atoms with van der Waals surface area (Å²) in [6.45, 7) is 2.58. The van der Waals surface area contributed by atoms with E-state index >= 15 is 0 Å². The Hall–Kier alpha value is -2.52. The summed E-state index contributed by atoms with van der Waals surface area (Å²) in [4.78, 5) is 16.8. The zero-order chi connectivity index (χ0) is 21.0. The highest BCUT2D eigenvalue weighted by atomic mass is 32.2. The van der Waals surface area contributed by atoms with Crippen molar-refractivity contribution >= 4 is 21.4 Å². The van der Waals surface area contributed by atoms with Crippen LogP contribution in [-0.2, 0) is 16.6 Å². The minimum Gasteiger partial charge on any atom is -0.365 e. The SMILES string of the molecule is CC1CCC(NS(=O)(=O)c2ccc(N(C)Cc3cccnc3)c([N+](=O)[O-])c2)CC1. The molecule has 0 saturated heterocycles. The Morgan fingerprint density at radius 3 is 2.59 bits per heavy atom. The largest absolute Gasteiger partial charge is 0.365 e. The molecule has 0 atom stereocenters. The number of nitro benzene ring substituents is 1. The lowest BCUT2D eigenvalue weighted by Crippen LogP contribution is -2.37. The molecule has 0 bridgehead atoms. The van der Waals surface area contributed by atoms with Crippen LogP contribution in [0, 0.1) is 16.0 Å². The molecular weight excluding hydrogens is 392 g/mol.